The first-order valence-electron chi connectivity index (χ1n) is 6.50. The van der Waals surface area contributed by atoms with Gasteiger partial charge in [-0.2, -0.15) is 0 Å². The molecule has 3 aromatic rings. The van der Waals surface area contributed by atoms with Crippen molar-refractivity contribution in [3.05, 3.63) is 59.7 Å². The lowest BCUT2D eigenvalue weighted by Crippen LogP contribution is -2.04. The van der Waals surface area contributed by atoms with Crippen LogP contribution in [0.1, 0.15) is 11.4 Å². The summed E-state index contributed by atoms with van der Waals surface area (Å²) in [7, 11) is 0. The van der Waals surface area contributed by atoms with Gasteiger partial charge >= 0.3 is 0 Å². The third-order valence-electron chi connectivity index (χ3n) is 3.36. The summed E-state index contributed by atoms with van der Waals surface area (Å²) in [6.07, 6.45) is 0.601. The van der Waals surface area contributed by atoms with Crippen molar-refractivity contribution in [2.45, 2.75) is 13.3 Å². The summed E-state index contributed by atoms with van der Waals surface area (Å²) in [6.45, 7) is 2.01. The van der Waals surface area contributed by atoms with Gasteiger partial charge in [-0.25, -0.2) is 9.37 Å². The van der Waals surface area contributed by atoms with Crippen LogP contribution in [0.15, 0.2) is 42.5 Å². The van der Waals surface area contributed by atoms with Crippen LogP contribution in [0.4, 0.5) is 4.39 Å². The molecule has 20 heavy (non-hydrogen) atoms. The van der Waals surface area contributed by atoms with Gasteiger partial charge in [-0.05, 0) is 30.7 Å². The van der Waals surface area contributed by atoms with Crippen molar-refractivity contribution in [2.75, 3.05) is 5.88 Å². The molecule has 0 amide bonds. The van der Waals surface area contributed by atoms with E-state index < -0.39 is 0 Å². The molecular formula is C16H14ClFN2. The average Bonchev–Trinajstić information content (AvgIpc) is 2.79. The lowest BCUT2D eigenvalue weighted by Gasteiger charge is -2.10. The Labute approximate surface area is 121 Å². The summed E-state index contributed by atoms with van der Waals surface area (Å²) in [5.41, 5.74) is 3.40. The molecule has 0 bridgehead atoms. The first-order valence-corrected chi connectivity index (χ1v) is 7.03. The van der Waals surface area contributed by atoms with E-state index in [0.717, 1.165) is 22.4 Å². The van der Waals surface area contributed by atoms with E-state index in [0.29, 0.717) is 18.0 Å². The molecule has 4 heteroatoms. The van der Waals surface area contributed by atoms with E-state index in [2.05, 4.69) is 4.98 Å². The Hall–Kier alpha value is -1.87. The molecule has 0 saturated carbocycles. The van der Waals surface area contributed by atoms with Gasteiger partial charge < -0.3 is 0 Å². The molecular weight excluding hydrogens is 275 g/mol. The van der Waals surface area contributed by atoms with Gasteiger partial charge in [-0.3, -0.25) is 4.57 Å². The van der Waals surface area contributed by atoms with Crippen molar-refractivity contribution < 1.29 is 4.39 Å². The molecule has 0 aliphatic heterocycles. The molecule has 0 unspecified atom stereocenters. The van der Waals surface area contributed by atoms with E-state index in [4.69, 9.17) is 11.6 Å². The Morgan fingerprint density at radius 1 is 1.15 bits per heavy atom. The Bertz CT molecular complexity index is 764. The van der Waals surface area contributed by atoms with Crippen LogP contribution in [0.25, 0.3) is 16.7 Å². The predicted octanol–water partition coefficient (Wildman–Crippen LogP) is 4.25. The highest BCUT2D eigenvalue weighted by Crippen LogP contribution is 2.26. The fourth-order valence-electron chi connectivity index (χ4n) is 2.49. The van der Waals surface area contributed by atoms with Gasteiger partial charge in [-0.1, -0.05) is 24.3 Å². The molecule has 102 valence electrons. The fourth-order valence-corrected chi connectivity index (χ4v) is 2.66. The highest BCUT2D eigenvalue weighted by Gasteiger charge is 2.15. The fraction of sp³-hybridized carbons (Fsp3) is 0.188. The third kappa shape index (κ3) is 2.08. The Kier molecular flexibility index (Phi) is 3.45. The summed E-state index contributed by atoms with van der Waals surface area (Å²) in [5.74, 6) is 0.983. The van der Waals surface area contributed by atoms with Crippen molar-refractivity contribution in [1.82, 2.24) is 9.55 Å². The molecule has 1 aromatic heterocycles. The van der Waals surface area contributed by atoms with E-state index >= 15 is 0 Å². The zero-order valence-corrected chi connectivity index (χ0v) is 11.9. The Morgan fingerprint density at radius 2 is 1.95 bits per heavy atom. The maximum atomic E-state index is 14.2. The number of rotatable bonds is 3. The van der Waals surface area contributed by atoms with E-state index in [1.165, 1.54) is 6.07 Å². The minimum atomic E-state index is -0.258. The van der Waals surface area contributed by atoms with Crippen LogP contribution < -0.4 is 0 Å². The van der Waals surface area contributed by atoms with Crippen LogP contribution in [-0.4, -0.2) is 15.4 Å². The maximum Gasteiger partial charge on any atom is 0.147 e. The number of para-hydroxylation sites is 2. The first-order chi connectivity index (χ1) is 9.72. The second-order valence-corrected chi connectivity index (χ2v) is 5.07. The number of hydrogen-bond acceptors (Lipinski definition) is 1. The molecule has 2 aromatic carbocycles. The van der Waals surface area contributed by atoms with Crippen molar-refractivity contribution in [3.8, 4) is 5.69 Å². The molecule has 0 radical (unpaired) electrons. The van der Waals surface area contributed by atoms with Crippen LogP contribution >= 0.6 is 11.6 Å². The zero-order chi connectivity index (χ0) is 14.1. The number of nitrogens with zero attached hydrogens (tertiary/aromatic N) is 2. The van der Waals surface area contributed by atoms with Crippen LogP contribution in [0.2, 0.25) is 0 Å². The van der Waals surface area contributed by atoms with Gasteiger partial charge in [0, 0.05) is 12.3 Å². The summed E-state index contributed by atoms with van der Waals surface area (Å²) in [6, 6.07) is 12.6. The second kappa shape index (κ2) is 5.25. The van der Waals surface area contributed by atoms with Gasteiger partial charge in [0.05, 0.1) is 16.7 Å². The highest BCUT2D eigenvalue weighted by molar-refractivity contribution is 6.17. The monoisotopic (exact) mass is 288 g/mol. The van der Waals surface area contributed by atoms with E-state index in [-0.39, 0.29) is 5.82 Å². The van der Waals surface area contributed by atoms with Crippen LogP contribution in [-0.2, 0) is 6.42 Å². The molecule has 0 saturated heterocycles. The van der Waals surface area contributed by atoms with E-state index in [9.17, 15) is 4.39 Å². The van der Waals surface area contributed by atoms with Gasteiger partial charge in [0.1, 0.15) is 11.6 Å². The number of aryl methyl sites for hydroxylation is 2. The quantitative estimate of drug-likeness (QED) is 0.659. The number of imidazole rings is 1. The molecule has 0 fully saturated rings. The highest BCUT2D eigenvalue weighted by atomic mass is 35.5. The lowest BCUT2D eigenvalue weighted by atomic mass is 10.2. The molecule has 0 N–H and O–H groups in total. The molecule has 1 heterocycles. The smallest absolute Gasteiger partial charge is 0.147 e. The molecule has 3 rings (SSSR count). The van der Waals surface area contributed by atoms with Crippen molar-refractivity contribution in [2.24, 2.45) is 0 Å². The average molecular weight is 289 g/mol. The molecule has 0 spiro atoms. The Balaban J connectivity index is 2.37. The lowest BCUT2D eigenvalue weighted by molar-refractivity contribution is 0.617. The molecule has 0 atom stereocenters. The predicted molar refractivity (Wildman–Crippen MR) is 80.2 cm³/mol. The number of aromatic nitrogens is 2. The maximum absolute atomic E-state index is 14.2. The summed E-state index contributed by atoms with van der Waals surface area (Å²) in [4.78, 5) is 4.59. The first kappa shape index (κ1) is 13.1. The van der Waals surface area contributed by atoms with Crippen LogP contribution in [0.5, 0.6) is 0 Å². The second-order valence-electron chi connectivity index (χ2n) is 4.70. The van der Waals surface area contributed by atoms with Crippen molar-refractivity contribution >= 4 is 22.6 Å². The van der Waals surface area contributed by atoms with Gasteiger partial charge in [0.2, 0.25) is 0 Å². The van der Waals surface area contributed by atoms with Crippen LogP contribution in [0, 0.1) is 12.7 Å². The zero-order valence-electron chi connectivity index (χ0n) is 11.1. The summed E-state index contributed by atoms with van der Waals surface area (Å²) >= 11 is 5.86. The Morgan fingerprint density at radius 3 is 2.70 bits per heavy atom. The third-order valence-corrected chi connectivity index (χ3v) is 3.55. The van der Waals surface area contributed by atoms with Gasteiger partial charge in [-0.15, -0.1) is 11.6 Å². The van der Waals surface area contributed by atoms with Crippen molar-refractivity contribution in [3.63, 3.8) is 0 Å². The molecule has 0 aliphatic carbocycles. The molecule has 2 nitrogen and oxygen atoms in total. The minimum absolute atomic E-state index is 0.258. The SMILES string of the molecule is Cc1cccc2nc(CCCl)n(-c3ccccc3F)c12. The van der Waals surface area contributed by atoms with Gasteiger partial charge in [0.25, 0.3) is 0 Å². The van der Waals surface area contributed by atoms with Crippen molar-refractivity contribution in [1.29, 1.82) is 0 Å². The number of fused-ring (bicyclic) bond motifs is 1. The standard InChI is InChI=1S/C16H14ClFN2/c1-11-5-4-7-13-16(11)20(15(19-13)9-10-17)14-8-3-2-6-12(14)18/h2-8H,9-10H2,1H3. The number of benzene rings is 2. The molecule has 0 aliphatic rings. The van der Waals surface area contributed by atoms with Gasteiger partial charge in [0.15, 0.2) is 0 Å². The van der Waals surface area contributed by atoms with Crippen LogP contribution in [0.3, 0.4) is 0 Å². The number of halogens is 2. The number of hydrogen-bond donors (Lipinski definition) is 0. The minimum Gasteiger partial charge on any atom is -0.293 e. The summed E-state index contributed by atoms with van der Waals surface area (Å²) in [5, 5.41) is 0. The normalized spacial score (nSPS) is 11.2. The largest absolute Gasteiger partial charge is 0.293 e. The number of alkyl halides is 1. The van der Waals surface area contributed by atoms with E-state index in [1.54, 1.807) is 12.1 Å². The van der Waals surface area contributed by atoms with E-state index in [1.807, 2.05) is 35.8 Å². The summed E-state index contributed by atoms with van der Waals surface area (Å²) < 4.78 is 16.0. The topological polar surface area (TPSA) is 17.8 Å².